The average Bonchev–Trinajstić information content (AvgIpc) is 2.73. The van der Waals surface area contributed by atoms with E-state index in [-0.39, 0.29) is 18.6 Å². The van der Waals surface area contributed by atoms with Crippen LogP contribution in [-0.2, 0) is 4.79 Å². The minimum absolute atomic E-state index is 0.0993. The molecule has 0 aromatic heterocycles. The van der Waals surface area contributed by atoms with Crippen LogP contribution in [0.2, 0.25) is 0 Å². The zero-order valence-electron chi connectivity index (χ0n) is 10.2. The van der Waals surface area contributed by atoms with Crippen LogP contribution < -0.4 is 5.73 Å². The highest BCUT2D eigenvalue weighted by Crippen LogP contribution is 2.22. The Balaban J connectivity index is 2.46. The summed E-state index contributed by atoms with van der Waals surface area (Å²) in [6, 6.07) is -0.0257. The normalized spacial score (nSPS) is 22.4. The van der Waals surface area contributed by atoms with Crippen molar-refractivity contribution in [2.45, 2.75) is 57.5 Å². The second kappa shape index (κ2) is 6.86. The number of rotatable bonds is 6. The van der Waals surface area contributed by atoms with E-state index < -0.39 is 0 Å². The van der Waals surface area contributed by atoms with Gasteiger partial charge in [0.2, 0.25) is 5.91 Å². The molecule has 1 saturated heterocycles. The van der Waals surface area contributed by atoms with Crippen LogP contribution in [0.1, 0.15) is 45.4 Å². The molecule has 1 unspecified atom stereocenters. The maximum Gasteiger partial charge on any atom is 0.239 e. The van der Waals surface area contributed by atoms with Crippen LogP contribution in [0.15, 0.2) is 0 Å². The van der Waals surface area contributed by atoms with Gasteiger partial charge in [-0.25, -0.2) is 0 Å². The van der Waals surface area contributed by atoms with Gasteiger partial charge in [0, 0.05) is 19.2 Å². The van der Waals surface area contributed by atoms with Crippen molar-refractivity contribution in [3.05, 3.63) is 0 Å². The number of nitrogens with zero attached hydrogens (tertiary/aromatic N) is 1. The summed E-state index contributed by atoms with van der Waals surface area (Å²) in [7, 11) is 0. The molecule has 0 radical (unpaired) electrons. The van der Waals surface area contributed by atoms with Crippen molar-refractivity contribution in [3.8, 4) is 0 Å². The Hall–Kier alpha value is -0.610. The van der Waals surface area contributed by atoms with E-state index in [0.717, 1.165) is 45.1 Å². The van der Waals surface area contributed by atoms with E-state index in [1.807, 2.05) is 11.8 Å². The lowest BCUT2D eigenvalue weighted by Gasteiger charge is -2.27. The fourth-order valence-electron chi connectivity index (χ4n) is 2.40. The third kappa shape index (κ3) is 3.46. The molecule has 0 bridgehead atoms. The van der Waals surface area contributed by atoms with E-state index in [2.05, 4.69) is 0 Å². The van der Waals surface area contributed by atoms with Gasteiger partial charge in [-0.05, 0) is 32.1 Å². The summed E-state index contributed by atoms with van der Waals surface area (Å²) in [5.74, 6) is 0.0993. The maximum absolute atomic E-state index is 12.0. The predicted molar refractivity (Wildman–Crippen MR) is 63.9 cm³/mol. The molecule has 0 saturated carbocycles. The van der Waals surface area contributed by atoms with Crippen molar-refractivity contribution < 1.29 is 9.90 Å². The summed E-state index contributed by atoms with van der Waals surface area (Å²) in [4.78, 5) is 14.0. The number of aliphatic hydroxyl groups is 1. The highest BCUT2D eigenvalue weighted by atomic mass is 16.3. The second-order valence-corrected chi connectivity index (χ2v) is 4.59. The fourth-order valence-corrected chi connectivity index (χ4v) is 2.40. The molecule has 0 aromatic carbocycles. The summed E-state index contributed by atoms with van der Waals surface area (Å²) in [6.07, 6.45) is 5.52. The smallest absolute Gasteiger partial charge is 0.239 e. The first-order valence-electron chi connectivity index (χ1n) is 6.37. The van der Waals surface area contributed by atoms with E-state index in [9.17, 15) is 4.79 Å². The number of aliphatic hydroxyl groups excluding tert-OH is 1. The van der Waals surface area contributed by atoms with E-state index in [4.69, 9.17) is 10.8 Å². The van der Waals surface area contributed by atoms with Crippen LogP contribution in [-0.4, -0.2) is 41.1 Å². The molecule has 1 fully saturated rings. The lowest BCUT2D eigenvalue weighted by atomic mass is 10.1. The Morgan fingerprint density at radius 3 is 3.00 bits per heavy atom. The number of nitrogens with two attached hydrogens (primary N) is 1. The van der Waals surface area contributed by atoms with E-state index in [0.29, 0.717) is 6.04 Å². The third-order valence-electron chi connectivity index (χ3n) is 3.27. The monoisotopic (exact) mass is 228 g/mol. The largest absolute Gasteiger partial charge is 0.396 e. The van der Waals surface area contributed by atoms with Gasteiger partial charge in [0.15, 0.2) is 0 Å². The number of hydrogen-bond acceptors (Lipinski definition) is 3. The van der Waals surface area contributed by atoms with Crippen LogP contribution in [0.5, 0.6) is 0 Å². The Labute approximate surface area is 97.8 Å². The molecule has 4 heteroatoms. The first-order valence-corrected chi connectivity index (χ1v) is 6.37. The zero-order chi connectivity index (χ0) is 12.0. The van der Waals surface area contributed by atoms with Crippen molar-refractivity contribution in [3.63, 3.8) is 0 Å². The standard InChI is InChI=1S/C12H24N2O2/c1-2-5-11(13)12(16)14-8-3-6-10(14)7-4-9-15/h10-11,15H,2-9,13H2,1H3/t10?,11-/m1/s1. The van der Waals surface area contributed by atoms with Crippen LogP contribution in [0, 0.1) is 0 Å². The second-order valence-electron chi connectivity index (χ2n) is 4.59. The lowest BCUT2D eigenvalue weighted by Crippen LogP contribution is -2.45. The van der Waals surface area contributed by atoms with Crippen molar-refractivity contribution >= 4 is 5.91 Å². The van der Waals surface area contributed by atoms with Gasteiger partial charge in [-0.15, -0.1) is 0 Å². The van der Waals surface area contributed by atoms with Gasteiger partial charge in [-0.1, -0.05) is 13.3 Å². The molecular formula is C12H24N2O2. The third-order valence-corrected chi connectivity index (χ3v) is 3.27. The molecule has 0 aliphatic carbocycles. The molecule has 94 valence electrons. The van der Waals surface area contributed by atoms with Gasteiger partial charge in [0.05, 0.1) is 6.04 Å². The molecule has 1 amide bonds. The molecular weight excluding hydrogens is 204 g/mol. The van der Waals surface area contributed by atoms with Crippen molar-refractivity contribution in [2.24, 2.45) is 5.73 Å². The van der Waals surface area contributed by atoms with Crippen LogP contribution in [0.4, 0.5) is 0 Å². The zero-order valence-corrected chi connectivity index (χ0v) is 10.2. The summed E-state index contributed by atoms with van der Waals surface area (Å²) < 4.78 is 0. The molecule has 0 aromatic rings. The highest BCUT2D eigenvalue weighted by Gasteiger charge is 2.30. The molecule has 1 rings (SSSR count). The van der Waals surface area contributed by atoms with E-state index >= 15 is 0 Å². The molecule has 4 nitrogen and oxygen atoms in total. The average molecular weight is 228 g/mol. The molecule has 1 aliphatic heterocycles. The number of amides is 1. The molecule has 2 atom stereocenters. The maximum atomic E-state index is 12.0. The Bertz CT molecular complexity index is 221. The molecule has 0 spiro atoms. The van der Waals surface area contributed by atoms with Gasteiger partial charge in [-0.3, -0.25) is 4.79 Å². The minimum Gasteiger partial charge on any atom is -0.396 e. The molecule has 16 heavy (non-hydrogen) atoms. The number of carbonyl (C=O) groups excluding carboxylic acids is 1. The van der Waals surface area contributed by atoms with E-state index in [1.165, 1.54) is 0 Å². The number of hydrogen-bond donors (Lipinski definition) is 2. The molecule has 3 N–H and O–H groups in total. The summed E-state index contributed by atoms with van der Waals surface area (Å²) in [6.45, 7) is 3.09. The summed E-state index contributed by atoms with van der Waals surface area (Å²) in [5, 5.41) is 8.82. The van der Waals surface area contributed by atoms with Crippen LogP contribution >= 0.6 is 0 Å². The van der Waals surface area contributed by atoms with Gasteiger partial charge in [0.1, 0.15) is 0 Å². The first-order chi connectivity index (χ1) is 7.70. The Kier molecular flexibility index (Phi) is 5.77. The van der Waals surface area contributed by atoms with Crippen molar-refractivity contribution in [1.82, 2.24) is 4.90 Å². The Morgan fingerprint density at radius 2 is 2.38 bits per heavy atom. The lowest BCUT2D eigenvalue weighted by molar-refractivity contribution is -0.133. The Morgan fingerprint density at radius 1 is 1.62 bits per heavy atom. The SMILES string of the molecule is CCC[C@@H](N)C(=O)N1CCCC1CCCO. The molecule has 1 heterocycles. The van der Waals surface area contributed by atoms with E-state index in [1.54, 1.807) is 0 Å². The van der Waals surface area contributed by atoms with Gasteiger partial charge >= 0.3 is 0 Å². The van der Waals surface area contributed by atoms with Gasteiger partial charge in [0.25, 0.3) is 0 Å². The topological polar surface area (TPSA) is 66.6 Å². The van der Waals surface area contributed by atoms with Gasteiger partial charge in [-0.2, -0.15) is 0 Å². The van der Waals surface area contributed by atoms with Crippen LogP contribution in [0.3, 0.4) is 0 Å². The van der Waals surface area contributed by atoms with Gasteiger partial charge < -0.3 is 15.7 Å². The fraction of sp³-hybridized carbons (Fsp3) is 0.917. The predicted octanol–water partition coefficient (Wildman–Crippen LogP) is 0.877. The highest BCUT2D eigenvalue weighted by molar-refractivity contribution is 5.82. The first kappa shape index (κ1) is 13.5. The van der Waals surface area contributed by atoms with Crippen molar-refractivity contribution in [1.29, 1.82) is 0 Å². The minimum atomic E-state index is -0.334. The number of likely N-dealkylation sites (tertiary alicyclic amines) is 1. The quantitative estimate of drug-likeness (QED) is 0.709. The van der Waals surface area contributed by atoms with Crippen molar-refractivity contribution in [2.75, 3.05) is 13.2 Å². The summed E-state index contributed by atoms with van der Waals surface area (Å²) in [5.41, 5.74) is 5.86. The number of carbonyl (C=O) groups is 1. The van der Waals surface area contributed by atoms with Crippen LogP contribution in [0.25, 0.3) is 0 Å². The molecule has 1 aliphatic rings. The summed E-state index contributed by atoms with van der Waals surface area (Å²) >= 11 is 0.